The minimum absolute atomic E-state index is 0. The summed E-state index contributed by atoms with van der Waals surface area (Å²) < 4.78 is 29.5. The Balaban J connectivity index is 0. The fourth-order valence-electron chi connectivity index (χ4n) is 0.719. The van der Waals surface area contributed by atoms with Crippen LogP contribution in [0.1, 0.15) is 1.43 Å². The molecule has 13 heavy (non-hydrogen) atoms. The Labute approximate surface area is 98.5 Å². The maximum Gasteiger partial charge on any atom is 1.00 e. The number of phenolic OH excluding ortho intramolecular Hbond substituents is 2. The van der Waals surface area contributed by atoms with E-state index in [4.69, 9.17) is 14.8 Å². The van der Waals surface area contributed by atoms with Gasteiger partial charge >= 0.3 is 29.6 Å². The molecule has 7 heteroatoms. The Morgan fingerprint density at radius 3 is 2.15 bits per heavy atom. The topological polar surface area (TPSA) is 94.8 Å². The molecular weight excluding hydrogens is 207 g/mol. The summed E-state index contributed by atoms with van der Waals surface area (Å²) in [4.78, 5) is -0.706. The zero-order chi connectivity index (χ0) is 9.35. The van der Waals surface area contributed by atoms with E-state index < -0.39 is 26.5 Å². The molecule has 0 fully saturated rings. The molecule has 1 aromatic rings. The van der Waals surface area contributed by atoms with E-state index in [9.17, 15) is 8.42 Å². The molecule has 0 amide bonds. The molecule has 0 aliphatic carbocycles. The van der Waals surface area contributed by atoms with E-state index in [1.165, 1.54) is 6.07 Å². The van der Waals surface area contributed by atoms with E-state index in [1.807, 2.05) is 0 Å². The summed E-state index contributed by atoms with van der Waals surface area (Å²) >= 11 is 0. The van der Waals surface area contributed by atoms with Gasteiger partial charge in [0.2, 0.25) is 0 Å². The van der Waals surface area contributed by atoms with Gasteiger partial charge < -0.3 is 11.6 Å². The second-order valence-corrected chi connectivity index (χ2v) is 3.49. The van der Waals surface area contributed by atoms with E-state index >= 15 is 0 Å². The molecule has 0 aliphatic heterocycles. The van der Waals surface area contributed by atoms with Crippen LogP contribution in [0.25, 0.3) is 0 Å². The van der Waals surface area contributed by atoms with Gasteiger partial charge in [-0.25, -0.2) is 0 Å². The van der Waals surface area contributed by atoms with Crippen molar-refractivity contribution in [1.29, 1.82) is 0 Å². The normalized spacial score (nSPS) is 10.5. The van der Waals surface area contributed by atoms with Crippen molar-refractivity contribution in [3.8, 4) is 11.5 Å². The summed E-state index contributed by atoms with van der Waals surface area (Å²) in [6.45, 7) is 0. The Kier molecular flexibility index (Phi) is 4.21. The van der Waals surface area contributed by atoms with Gasteiger partial charge in [0, 0.05) is 0 Å². The molecule has 0 radical (unpaired) electrons. The second-order valence-electron chi connectivity index (χ2n) is 2.10. The van der Waals surface area contributed by atoms with Crippen molar-refractivity contribution in [1.82, 2.24) is 0 Å². The number of aromatic hydroxyl groups is 2. The van der Waals surface area contributed by atoms with E-state index in [0.29, 0.717) is 0 Å². The first-order valence-corrected chi connectivity index (χ1v) is 4.35. The third-order valence-corrected chi connectivity index (χ3v) is 2.14. The summed E-state index contributed by atoms with van der Waals surface area (Å²) in [5.41, 5.74) is 0. The van der Waals surface area contributed by atoms with Gasteiger partial charge in [-0.3, -0.25) is 4.55 Å². The molecule has 5 nitrogen and oxygen atoms in total. The van der Waals surface area contributed by atoms with E-state index in [-0.39, 0.29) is 31.0 Å². The van der Waals surface area contributed by atoms with Crippen LogP contribution >= 0.6 is 0 Å². The SMILES string of the molecule is O=S(=O)(O)c1cccc(O)c1O.[H-].[Na+]. The van der Waals surface area contributed by atoms with Gasteiger partial charge in [0.15, 0.2) is 11.5 Å². The van der Waals surface area contributed by atoms with Crippen molar-refractivity contribution >= 4 is 10.1 Å². The van der Waals surface area contributed by atoms with Gasteiger partial charge in [0.05, 0.1) is 0 Å². The van der Waals surface area contributed by atoms with Gasteiger partial charge in [0.25, 0.3) is 10.1 Å². The number of hydrogen-bond donors (Lipinski definition) is 3. The van der Waals surface area contributed by atoms with Crippen molar-refractivity contribution in [3.05, 3.63) is 18.2 Å². The minimum atomic E-state index is -4.47. The molecule has 0 aliphatic rings. The van der Waals surface area contributed by atoms with Crippen molar-refractivity contribution < 1.29 is 54.2 Å². The number of phenols is 2. The first kappa shape index (κ1) is 12.7. The summed E-state index contributed by atoms with van der Waals surface area (Å²) in [5, 5.41) is 17.8. The van der Waals surface area contributed by atoms with Crippen molar-refractivity contribution in [2.75, 3.05) is 0 Å². The summed E-state index contributed by atoms with van der Waals surface area (Å²) in [6.07, 6.45) is 0. The van der Waals surface area contributed by atoms with E-state index in [0.717, 1.165) is 12.1 Å². The van der Waals surface area contributed by atoms with Crippen LogP contribution in [0.15, 0.2) is 23.1 Å². The van der Waals surface area contributed by atoms with E-state index in [1.54, 1.807) is 0 Å². The van der Waals surface area contributed by atoms with Crippen molar-refractivity contribution in [3.63, 3.8) is 0 Å². The van der Waals surface area contributed by atoms with Crippen LogP contribution in [-0.4, -0.2) is 23.2 Å². The van der Waals surface area contributed by atoms with E-state index in [2.05, 4.69) is 0 Å². The summed E-state index contributed by atoms with van der Waals surface area (Å²) in [7, 11) is -4.47. The molecule has 0 heterocycles. The van der Waals surface area contributed by atoms with Crippen molar-refractivity contribution in [2.45, 2.75) is 4.90 Å². The average Bonchev–Trinajstić information content (AvgIpc) is 1.92. The van der Waals surface area contributed by atoms with Crippen LogP contribution in [0.2, 0.25) is 0 Å². The van der Waals surface area contributed by atoms with Crippen LogP contribution in [0, 0.1) is 0 Å². The van der Waals surface area contributed by atoms with Crippen LogP contribution in [0.3, 0.4) is 0 Å². The monoisotopic (exact) mass is 214 g/mol. The van der Waals surface area contributed by atoms with Crippen LogP contribution < -0.4 is 29.6 Å². The number of hydrogen-bond acceptors (Lipinski definition) is 4. The maximum atomic E-state index is 10.5. The quantitative estimate of drug-likeness (QED) is 0.272. The molecular formula is C6H7NaO5S. The standard InChI is InChI=1S/C6H6O5S.Na.H/c7-4-2-1-3-5(6(4)8)12(9,10)11;;/h1-3,7-8H,(H,9,10,11);;/q;+1;-1. The first-order valence-electron chi connectivity index (χ1n) is 2.91. The maximum absolute atomic E-state index is 10.5. The third-order valence-electron chi connectivity index (χ3n) is 1.26. The van der Waals surface area contributed by atoms with Crippen molar-refractivity contribution in [2.24, 2.45) is 0 Å². The third kappa shape index (κ3) is 2.85. The largest absolute Gasteiger partial charge is 1.00 e. The Hall–Kier alpha value is -0.270. The number of benzene rings is 1. The summed E-state index contributed by atoms with van der Waals surface area (Å²) in [5.74, 6) is -1.44. The predicted molar refractivity (Wildman–Crippen MR) is 40.7 cm³/mol. The molecule has 0 aromatic heterocycles. The molecule has 0 atom stereocenters. The zero-order valence-electron chi connectivity index (χ0n) is 7.80. The molecule has 0 bridgehead atoms. The molecule has 0 unspecified atom stereocenters. The number of rotatable bonds is 1. The van der Waals surface area contributed by atoms with Gasteiger partial charge in [-0.2, -0.15) is 8.42 Å². The van der Waals surface area contributed by atoms with Crippen LogP contribution in [-0.2, 0) is 10.1 Å². The molecule has 0 saturated carbocycles. The fraction of sp³-hybridized carbons (Fsp3) is 0. The smallest absolute Gasteiger partial charge is 1.00 e. The minimum Gasteiger partial charge on any atom is -1.00 e. The second kappa shape index (κ2) is 4.30. The predicted octanol–water partition coefficient (Wildman–Crippen LogP) is -2.54. The molecule has 0 spiro atoms. The van der Waals surface area contributed by atoms with Crippen LogP contribution in [0.5, 0.6) is 11.5 Å². The Bertz CT molecular complexity index is 405. The zero-order valence-corrected chi connectivity index (χ0v) is 9.61. The fourth-order valence-corrected chi connectivity index (χ4v) is 1.32. The van der Waals surface area contributed by atoms with Gasteiger partial charge in [0.1, 0.15) is 4.90 Å². The van der Waals surface area contributed by atoms with Crippen LogP contribution in [0.4, 0.5) is 0 Å². The Morgan fingerprint density at radius 2 is 1.77 bits per heavy atom. The molecule has 1 rings (SSSR count). The van der Waals surface area contributed by atoms with Gasteiger partial charge in [-0.1, -0.05) is 6.07 Å². The average molecular weight is 214 g/mol. The molecule has 3 N–H and O–H groups in total. The van der Waals surface area contributed by atoms with Gasteiger partial charge in [-0.05, 0) is 12.1 Å². The summed E-state index contributed by atoms with van der Waals surface area (Å²) in [6, 6.07) is 3.27. The molecule has 1 aromatic carbocycles. The number of para-hydroxylation sites is 1. The molecule has 68 valence electrons. The first-order chi connectivity index (χ1) is 5.43. The van der Waals surface area contributed by atoms with Gasteiger partial charge in [-0.15, -0.1) is 0 Å². The molecule has 0 saturated heterocycles. The Morgan fingerprint density at radius 1 is 1.23 bits per heavy atom.